The summed E-state index contributed by atoms with van der Waals surface area (Å²) in [7, 11) is 0. The van der Waals surface area contributed by atoms with Gasteiger partial charge in [0.1, 0.15) is 24.1 Å². The predicted octanol–water partition coefficient (Wildman–Crippen LogP) is -2.78. The van der Waals surface area contributed by atoms with Crippen molar-refractivity contribution in [2.24, 2.45) is 5.73 Å². The molecule has 1 fully saturated rings. The highest BCUT2D eigenvalue weighted by molar-refractivity contribution is 5.81. The number of nitrogen functional groups attached to an aromatic ring is 1. The molecule has 0 unspecified atom stereocenters. The fourth-order valence-electron chi connectivity index (χ4n) is 3.17. The van der Waals surface area contributed by atoms with E-state index in [0.717, 1.165) is 0 Å². The predicted molar refractivity (Wildman–Crippen MR) is 91.8 cm³/mol. The minimum Gasteiger partial charge on any atom is -0.477 e. The number of quaternary nitrogens is 1. The van der Waals surface area contributed by atoms with Crippen LogP contribution in [0, 0.1) is 0 Å². The number of imidazole rings is 1. The van der Waals surface area contributed by atoms with Gasteiger partial charge in [0.25, 0.3) is 0 Å². The third-order valence-corrected chi connectivity index (χ3v) is 4.77. The molecule has 0 aromatic carbocycles. The van der Waals surface area contributed by atoms with Crippen molar-refractivity contribution in [1.29, 1.82) is 0 Å². The van der Waals surface area contributed by atoms with Crippen molar-refractivity contribution in [1.82, 2.24) is 19.5 Å². The number of carbonyl (C=O) groups is 1. The Morgan fingerprint density at radius 2 is 2.04 bits per heavy atom. The highest BCUT2D eigenvalue weighted by Crippen LogP contribution is 2.33. The van der Waals surface area contributed by atoms with Gasteiger partial charge < -0.3 is 37.3 Å². The number of rotatable bonds is 7. The molecule has 10 N–H and O–H groups in total. The van der Waals surface area contributed by atoms with Gasteiger partial charge in [-0.1, -0.05) is 0 Å². The lowest BCUT2D eigenvalue weighted by atomic mass is 9.98. The van der Waals surface area contributed by atoms with Crippen molar-refractivity contribution in [3.05, 3.63) is 12.7 Å². The number of aliphatic hydroxyl groups excluding tert-OH is 2. The number of aliphatic hydroxyl groups is 2. The molecule has 0 amide bonds. The Kier molecular flexibility index (Phi) is 5.53. The quantitative estimate of drug-likeness (QED) is 0.290. The van der Waals surface area contributed by atoms with Gasteiger partial charge in [0.15, 0.2) is 23.7 Å². The largest absolute Gasteiger partial charge is 0.477 e. The lowest BCUT2D eigenvalue weighted by molar-refractivity contribution is -0.409. The summed E-state index contributed by atoms with van der Waals surface area (Å²) in [5, 5.41) is 29.6. The molecule has 0 saturated carbocycles. The number of ether oxygens (including phenoxy) is 1. The molecule has 12 nitrogen and oxygen atoms in total. The highest BCUT2D eigenvalue weighted by atomic mass is 16.6. The normalized spacial score (nSPS) is 27.7. The molecule has 0 radical (unpaired) electrons. The zero-order chi connectivity index (χ0) is 19.7. The Bertz CT molecular complexity index is 815. The SMILES string of the molecule is Nc1ncnc2c1ncn2[C@@H]1O[C@H](C[C@@H](N)CC[C@H]([NH3+])C(=O)O)[C@@H](O)[C@H]1O. The smallest absolute Gasteiger partial charge is 0.362 e. The Morgan fingerprint density at radius 1 is 1.30 bits per heavy atom. The Morgan fingerprint density at radius 3 is 2.74 bits per heavy atom. The van der Waals surface area contributed by atoms with E-state index in [-0.39, 0.29) is 12.2 Å². The monoisotopic (exact) mass is 382 g/mol. The molecule has 3 rings (SSSR count). The second-order valence-corrected chi connectivity index (χ2v) is 6.74. The van der Waals surface area contributed by atoms with E-state index in [1.807, 2.05) is 0 Å². The highest BCUT2D eigenvalue weighted by Gasteiger charge is 2.44. The number of carboxylic acids is 1. The number of anilines is 1. The fraction of sp³-hybridized carbons (Fsp3) is 0.600. The van der Waals surface area contributed by atoms with Crippen LogP contribution >= 0.6 is 0 Å². The molecule has 1 aliphatic heterocycles. The Balaban J connectivity index is 1.68. The van der Waals surface area contributed by atoms with Gasteiger partial charge in [0.05, 0.1) is 12.4 Å². The van der Waals surface area contributed by atoms with Crippen LogP contribution in [0.4, 0.5) is 5.82 Å². The molecule has 0 spiro atoms. The molecular weight excluding hydrogens is 358 g/mol. The number of aromatic nitrogens is 4. The second kappa shape index (κ2) is 7.70. The van der Waals surface area contributed by atoms with Crippen molar-refractivity contribution in [2.45, 2.75) is 55.9 Å². The lowest BCUT2D eigenvalue weighted by Crippen LogP contribution is -2.65. The summed E-state index contributed by atoms with van der Waals surface area (Å²) in [6.45, 7) is 0. The molecule has 2 aromatic heterocycles. The topological polar surface area (TPSA) is 210 Å². The average Bonchev–Trinajstić information content (AvgIpc) is 3.17. The summed E-state index contributed by atoms with van der Waals surface area (Å²) in [5.74, 6) is -0.783. The van der Waals surface area contributed by atoms with Crippen LogP contribution in [0.5, 0.6) is 0 Å². The number of carboxylic acid groups (broad SMARTS) is 1. The van der Waals surface area contributed by atoms with E-state index in [2.05, 4.69) is 20.7 Å². The summed E-state index contributed by atoms with van der Waals surface area (Å²) in [5.41, 5.74) is 16.1. The van der Waals surface area contributed by atoms with Crippen LogP contribution in [-0.4, -0.2) is 71.2 Å². The first kappa shape index (κ1) is 19.4. The maximum atomic E-state index is 10.8. The fourth-order valence-corrected chi connectivity index (χ4v) is 3.17. The minimum absolute atomic E-state index is 0.200. The van der Waals surface area contributed by atoms with Gasteiger partial charge in [-0.05, 0) is 12.8 Å². The van der Waals surface area contributed by atoms with Gasteiger partial charge in [0, 0.05) is 12.5 Å². The van der Waals surface area contributed by atoms with E-state index in [1.54, 1.807) is 0 Å². The lowest BCUT2D eigenvalue weighted by Gasteiger charge is -2.19. The summed E-state index contributed by atoms with van der Waals surface area (Å²) >= 11 is 0. The first-order valence-electron chi connectivity index (χ1n) is 8.55. The van der Waals surface area contributed by atoms with Crippen LogP contribution in [0.1, 0.15) is 25.5 Å². The molecule has 12 heteroatoms. The number of hydrogen-bond donors (Lipinski definition) is 6. The van der Waals surface area contributed by atoms with Gasteiger partial charge >= 0.3 is 5.97 Å². The van der Waals surface area contributed by atoms with Crippen LogP contribution in [0.2, 0.25) is 0 Å². The minimum atomic E-state index is -1.21. The molecule has 0 aliphatic carbocycles. The maximum absolute atomic E-state index is 10.8. The van der Waals surface area contributed by atoms with E-state index in [0.29, 0.717) is 24.0 Å². The van der Waals surface area contributed by atoms with E-state index in [9.17, 15) is 15.0 Å². The summed E-state index contributed by atoms with van der Waals surface area (Å²) in [4.78, 5) is 22.9. The first-order chi connectivity index (χ1) is 12.8. The summed E-state index contributed by atoms with van der Waals surface area (Å²) < 4.78 is 7.30. The first-order valence-corrected chi connectivity index (χ1v) is 8.55. The number of hydrogen-bond acceptors (Lipinski definition) is 9. The van der Waals surface area contributed by atoms with Crippen LogP contribution in [0.3, 0.4) is 0 Å². The van der Waals surface area contributed by atoms with Gasteiger partial charge in [-0.25, -0.2) is 19.7 Å². The van der Waals surface area contributed by atoms with Crippen LogP contribution < -0.4 is 17.2 Å². The third kappa shape index (κ3) is 3.84. The van der Waals surface area contributed by atoms with Gasteiger partial charge in [-0.15, -0.1) is 0 Å². The standard InChI is InChI=1S/C15H23N7O5/c16-6(1-2-7(17)15(25)26)3-8-10(23)11(24)14(27-8)22-5-21-9-12(18)19-4-20-13(9)22/h4-8,10-11,14,23-24H,1-3,16-17H2,(H,25,26)(H2,18,19,20)/p+1/t6-,7-,8+,10+,11+,14+/m0/s1. The zero-order valence-electron chi connectivity index (χ0n) is 14.5. The van der Waals surface area contributed by atoms with E-state index < -0.39 is 42.6 Å². The van der Waals surface area contributed by atoms with Crippen LogP contribution in [0.15, 0.2) is 12.7 Å². The maximum Gasteiger partial charge on any atom is 0.362 e. The van der Waals surface area contributed by atoms with Crippen molar-refractivity contribution in [2.75, 3.05) is 5.73 Å². The van der Waals surface area contributed by atoms with Crippen molar-refractivity contribution in [3.8, 4) is 0 Å². The van der Waals surface area contributed by atoms with E-state index in [1.165, 1.54) is 17.2 Å². The average molecular weight is 382 g/mol. The molecular formula is C15H24N7O5+. The third-order valence-electron chi connectivity index (χ3n) is 4.77. The molecule has 2 aromatic rings. The van der Waals surface area contributed by atoms with Crippen LogP contribution in [-0.2, 0) is 9.53 Å². The number of nitrogens with zero attached hydrogens (tertiary/aromatic N) is 4. The molecule has 6 atom stereocenters. The van der Waals surface area contributed by atoms with E-state index >= 15 is 0 Å². The van der Waals surface area contributed by atoms with Gasteiger partial charge in [-0.3, -0.25) is 4.57 Å². The van der Waals surface area contributed by atoms with Crippen molar-refractivity contribution >= 4 is 23.0 Å². The Hall–Kier alpha value is -2.38. The second-order valence-electron chi connectivity index (χ2n) is 6.74. The van der Waals surface area contributed by atoms with Crippen LogP contribution in [0.25, 0.3) is 11.2 Å². The molecule has 3 heterocycles. The number of fused-ring (bicyclic) bond motifs is 1. The summed E-state index contributed by atoms with van der Waals surface area (Å²) in [6.07, 6.45) is -0.328. The Labute approximate surface area is 154 Å². The molecule has 0 bridgehead atoms. The summed E-state index contributed by atoms with van der Waals surface area (Å²) in [6, 6.07) is -1.15. The van der Waals surface area contributed by atoms with Crippen molar-refractivity contribution < 1.29 is 30.6 Å². The van der Waals surface area contributed by atoms with E-state index in [4.69, 9.17) is 21.3 Å². The molecule has 1 aliphatic rings. The molecule has 27 heavy (non-hydrogen) atoms. The number of aliphatic carboxylic acids is 1. The molecule has 148 valence electrons. The molecule has 1 saturated heterocycles. The van der Waals surface area contributed by atoms with Gasteiger partial charge in [0.2, 0.25) is 0 Å². The van der Waals surface area contributed by atoms with Crippen molar-refractivity contribution in [3.63, 3.8) is 0 Å². The number of nitrogens with two attached hydrogens (primary N) is 2. The van der Waals surface area contributed by atoms with Gasteiger partial charge in [-0.2, -0.15) is 0 Å². The zero-order valence-corrected chi connectivity index (χ0v) is 14.5.